The molecular formula is C21H28ClN3O5S. The third-order valence-corrected chi connectivity index (χ3v) is 6.48. The molecule has 0 aliphatic heterocycles. The summed E-state index contributed by atoms with van der Waals surface area (Å²) in [6.07, 6.45) is 0. The molecule has 2 rings (SSSR count). The number of nitrogens with one attached hydrogen (secondary N) is 2. The van der Waals surface area contributed by atoms with Crippen molar-refractivity contribution in [1.82, 2.24) is 14.9 Å². The number of amides is 1. The van der Waals surface area contributed by atoms with E-state index in [9.17, 15) is 13.2 Å². The SMILES string of the molecule is COCCNS(=O)(=O)c1cc(C(=O)NCC(c2ccccc2Cl)N(C)C)ccc1OC. The van der Waals surface area contributed by atoms with Gasteiger partial charge >= 0.3 is 0 Å². The van der Waals surface area contributed by atoms with Crippen molar-refractivity contribution >= 4 is 27.5 Å². The Kier molecular flexibility index (Phi) is 9.27. The minimum Gasteiger partial charge on any atom is -0.495 e. The third kappa shape index (κ3) is 6.65. The van der Waals surface area contributed by atoms with E-state index in [4.69, 9.17) is 21.1 Å². The average Bonchev–Trinajstić information content (AvgIpc) is 2.74. The maximum absolute atomic E-state index is 12.8. The molecule has 0 aromatic heterocycles. The molecule has 0 saturated carbocycles. The Hall–Kier alpha value is -2.17. The smallest absolute Gasteiger partial charge is 0.251 e. The minimum absolute atomic E-state index is 0.0980. The fraction of sp³-hybridized carbons (Fsp3) is 0.381. The molecule has 1 atom stereocenters. The van der Waals surface area contributed by atoms with Crippen LogP contribution in [0.15, 0.2) is 47.4 Å². The van der Waals surface area contributed by atoms with Crippen LogP contribution in [-0.2, 0) is 14.8 Å². The molecule has 1 amide bonds. The van der Waals surface area contributed by atoms with Gasteiger partial charge in [-0.2, -0.15) is 0 Å². The second-order valence-corrected chi connectivity index (χ2v) is 9.11. The maximum atomic E-state index is 12.8. The van der Waals surface area contributed by atoms with Crippen LogP contribution in [0.25, 0.3) is 0 Å². The van der Waals surface area contributed by atoms with Gasteiger partial charge in [0.2, 0.25) is 10.0 Å². The van der Waals surface area contributed by atoms with E-state index in [1.165, 1.54) is 32.4 Å². The Morgan fingerprint density at radius 2 is 1.87 bits per heavy atom. The monoisotopic (exact) mass is 469 g/mol. The topological polar surface area (TPSA) is 97.0 Å². The van der Waals surface area contributed by atoms with Gasteiger partial charge in [0, 0.05) is 30.8 Å². The Morgan fingerprint density at radius 3 is 2.48 bits per heavy atom. The zero-order valence-corrected chi connectivity index (χ0v) is 19.6. The van der Waals surface area contributed by atoms with E-state index in [0.717, 1.165) is 5.56 Å². The third-order valence-electron chi connectivity index (χ3n) is 4.66. The van der Waals surface area contributed by atoms with Crippen molar-refractivity contribution in [2.24, 2.45) is 0 Å². The molecule has 0 radical (unpaired) electrons. The van der Waals surface area contributed by atoms with Gasteiger partial charge in [0.15, 0.2) is 0 Å². The van der Waals surface area contributed by atoms with Gasteiger partial charge in [-0.1, -0.05) is 29.8 Å². The highest BCUT2D eigenvalue weighted by molar-refractivity contribution is 7.89. The Labute approximate surface area is 188 Å². The van der Waals surface area contributed by atoms with Crippen LogP contribution in [-0.4, -0.2) is 67.2 Å². The van der Waals surface area contributed by atoms with Crippen molar-refractivity contribution in [2.75, 3.05) is 48.0 Å². The van der Waals surface area contributed by atoms with E-state index in [2.05, 4.69) is 10.0 Å². The first-order valence-electron chi connectivity index (χ1n) is 9.57. The Bertz CT molecular complexity index is 998. The molecule has 2 aromatic rings. The number of nitrogens with zero attached hydrogens (tertiary/aromatic N) is 1. The van der Waals surface area contributed by atoms with E-state index in [1.54, 1.807) is 6.07 Å². The van der Waals surface area contributed by atoms with Crippen LogP contribution in [0.2, 0.25) is 5.02 Å². The highest BCUT2D eigenvalue weighted by Gasteiger charge is 2.23. The van der Waals surface area contributed by atoms with Gasteiger partial charge in [0.1, 0.15) is 10.6 Å². The van der Waals surface area contributed by atoms with E-state index in [-0.39, 0.29) is 41.9 Å². The number of sulfonamides is 1. The second-order valence-electron chi connectivity index (χ2n) is 6.97. The summed E-state index contributed by atoms with van der Waals surface area (Å²) in [5.41, 5.74) is 1.08. The largest absolute Gasteiger partial charge is 0.495 e. The van der Waals surface area contributed by atoms with Gasteiger partial charge < -0.3 is 19.7 Å². The molecule has 2 aromatic carbocycles. The normalized spacial score (nSPS) is 12.6. The van der Waals surface area contributed by atoms with Crippen LogP contribution in [0, 0.1) is 0 Å². The molecule has 10 heteroatoms. The highest BCUT2D eigenvalue weighted by Crippen LogP contribution is 2.27. The van der Waals surface area contributed by atoms with E-state index < -0.39 is 15.9 Å². The average molecular weight is 470 g/mol. The standard InChI is InChI=1S/C21H28ClN3O5S/c1-25(2)18(16-7-5-6-8-17(16)22)14-23-21(26)15-9-10-19(30-4)20(13-15)31(27,28)24-11-12-29-3/h5-10,13,18,24H,11-12,14H2,1-4H3,(H,23,26). The van der Waals surface area contributed by atoms with Crippen molar-refractivity contribution in [3.63, 3.8) is 0 Å². The maximum Gasteiger partial charge on any atom is 0.251 e. The molecule has 0 fully saturated rings. The van der Waals surface area contributed by atoms with Crippen LogP contribution in [0.5, 0.6) is 5.75 Å². The van der Waals surface area contributed by atoms with Crippen LogP contribution < -0.4 is 14.8 Å². The van der Waals surface area contributed by atoms with Crippen LogP contribution in [0.1, 0.15) is 22.0 Å². The number of benzene rings is 2. The molecule has 31 heavy (non-hydrogen) atoms. The summed E-state index contributed by atoms with van der Waals surface area (Å²) in [5, 5.41) is 3.47. The predicted octanol–water partition coefficient (Wildman–Crippen LogP) is 2.31. The lowest BCUT2D eigenvalue weighted by Crippen LogP contribution is -2.35. The number of methoxy groups -OCH3 is 2. The molecule has 1 unspecified atom stereocenters. The summed E-state index contributed by atoms with van der Waals surface area (Å²) in [6.45, 7) is 0.603. The first-order valence-corrected chi connectivity index (χ1v) is 11.4. The van der Waals surface area contributed by atoms with E-state index in [1.807, 2.05) is 37.2 Å². The number of rotatable bonds is 11. The lowest BCUT2D eigenvalue weighted by atomic mass is 10.1. The lowest BCUT2D eigenvalue weighted by Gasteiger charge is -2.26. The van der Waals surface area contributed by atoms with Gasteiger partial charge in [-0.25, -0.2) is 13.1 Å². The van der Waals surface area contributed by atoms with E-state index in [0.29, 0.717) is 5.02 Å². The predicted molar refractivity (Wildman–Crippen MR) is 120 cm³/mol. The quantitative estimate of drug-likeness (QED) is 0.490. The number of likely N-dealkylation sites (N-methyl/N-ethyl adjacent to an activating group) is 1. The molecule has 0 aliphatic rings. The van der Waals surface area contributed by atoms with Gasteiger partial charge in [-0.05, 0) is 43.9 Å². The van der Waals surface area contributed by atoms with E-state index >= 15 is 0 Å². The van der Waals surface area contributed by atoms with Crippen molar-refractivity contribution in [2.45, 2.75) is 10.9 Å². The summed E-state index contributed by atoms with van der Waals surface area (Å²) in [5.74, 6) is -0.265. The summed E-state index contributed by atoms with van der Waals surface area (Å²) < 4.78 is 37.7. The number of hydrogen-bond donors (Lipinski definition) is 2. The summed E-state index contributed by atoms with van der Waals surface area (Å²) in [6, 6.07) is 11.5. The first-order chi connectivity index (χ1) is 14.7. The Morgan fingerprint density at radius 1 is 1.16 bits per heavy atom. The number of hydrogen-bond acceptors (Lipinski definition) is 6. The van der Waals surface area contributed by atoms with Crippen molar-refractivity contribution < 1.29 is 22.7 Å². The second kappa shape index (κ2) is 11.4. The summed E-state index contributed by atoms with van der Waals surface area (Å²) in [7, 11) is 2.75. The van der Waals surface area contributed by atoms with Crippen LogP contribution in [0.4, 0.5) is 0 Å². The molecular weight excluding hydrogens is 442 g/mol. The minimum atomic E-state index is -3.89. The first kappa shape index (κ1) is 25.1. The molecule has 0 aliphatic carbocycles. The zero-order valence-electron chi connectivity index (χ0n) is 18.0. The number of carbonyl (C=O) groups is 1. The van der Waals surface area contributed by atoms with Crippen LogP contribution in [0.3, 0.4) is 0 Å². The zero-order chi connectivity index (χ0) is 23.0. The summed E-state index contributed by atoms with van der Waals surface area (Å²) in [4.78, 5) is 14.6. The molecule has 0 spiro atoms. The molecule has 0 saturated heterocycles. The van der Waals surface area contributed by atoms with Gasteiger partial charge in [-0.15, -0.1) is 0 Å². The number of carbonyl (C=O) groups excluding carboxylic acids is 1. The molecule has 170 valence electrons. The molecule has 0 heterocycles. The number of halogens is 1. The molecule has 0 bridgehead atoms. The van der Waals surface area contributed by atoms with Gasteiger partial charge in [-0.3, -0.25) is 4.79 Å². The lowest BCUT2D eigenvalue weighted by molar-refractivity contribution is 0.0941. The molecule has 8 nitrogen and oxygen atoms in total. The van der Waals surface area contributed by atoms with Crippen molar-refractivity contribution in [3.05, 3.63) is 58.6 Å². The van der Waals surface area contributed by atoms with Gasteiger partial charge in [0.05, 0.1) is 19.8 Å². The van der Waals surface area contributed by atoms with Crippen molar-refractivity contribution in [3.8, 4) is 5.75 Å². The van der Waals surface area contributed by atoms with Crippen LogP contribution >= 0.6 is 11.6 Å². The van der Waals surface area contributed by atoms with Gasteiger partial charge in [0.25, 0.3) is 5.91 Å². The fourth-order valence-electron chi connectivity index (χ4n) is 2.99. The summed E-state index contributed by atoms with van der Waals surface area (Å²) >= 11 is 6.32. The Balaban J connectivity index is 2.22. The highest BCUT2D eigenvalue weighted by atomic mass is 35.5. The fourth-order valence-corrected chi connectivity index (χ4v) is 4.46. The number of ether oxygens (including phenoxy) is 2. The molecule has 2 N–H and O–H groups in total. The van der Waals surface area contributed by atoms with Crippen molar-refractivity contribution in [1.29, 1.82) is 0 Å².